The van der Waals surface area contributed by atoms with Crippen molar-refractivity contribution in [1.82, 2.24) is 0 Å². The minimum Gasteiger partial charge on any atom is -0.465 e. The average Bonchev–Trinajstić information content (AvgIpc) is 2.53. The third-order valence-electron chi connectivity index (χ3n) is 2.92. The Morgan fingerprint density at radius 3 is 2.10 bits per heavy atom. The van der Waals surface area contributed by atoms with Gasteiger partial charge in [0.2, 0.25) is 0 Å². The number of Topliss-reactive ketones (excluding diaryl/α,β-unsaturated/α-hetero) is 1. The maximum absolute atomic E-state index is 12.4. The highest BCUT2D eigenvalue weighted by Crippen LogP contribution is 2.26. The third-order valence-corrected chi connectivity index (χ3v) is 3.37. The third kappa shape index (κ3) is 2.89. The van der Waals surface area contributed by atoms with Gasteiger partial charge in [0.1, 0.15) is 5.38 Å². The van der Waals surface area contributed by atoms with Crippen LogP contribution >= 0.6 is 11.6 Å². The number of hydrogen-bond acceptors (Lipinski definition) is 3. The van der Waals surface area contributed by atoms with Crippen LogP contribution in [0.15, 0.2) is 54.6 Å². The Balaban J connectivity index is 2.37. The highest BCUT2D eigenvalue weighted by atomic mass is 35.5. The quantitative estimate of drug-likeness (QED) is 0.490. The van der Waals surface area contributed by atoms with Gasteiger partial charge in [-0.15, -0.1) is 11.6 Å². The monoisotopic (exact) mass is 288 g/mol. The number of esters is 1. The second kappa shape index (κ2) is 6.35. The van der Waals surface area contributed by atoms with Gasteiger partial charge in [0.05, 0.1) is 12.7 Å². The fraction of sp³-hybridized carbons (Fsp3) is 0.125. The molecule has 4 heteroatoms. The van der Waals surface area contributed by atoms with Crippen LogP contribution in [0.25, 0.3) is 0 Å². The molecule has 2 rings (SSSR count). The van der Waals surface area contributed by atoms with Gasteiger partial charge in [-0.3, -0.25) is 4.79 Å². The zero-order chi connectivity index (χ0) is 14.5. The molecule has 0 heterocycles. The summed E-state index contributed by atoms with van der Waals surface area (Å²) in [7, 11) is 1.28. The molecular weight excluding hydrogens is 276 g/mol. The number of carbonyl (C=O) groups excluding carboxylic acids is 2. The molecule has 0 saturated carbocycles. The van der Waals surface area contributed by atoms with E-state index in [0.717, 1.165) is 0 Å². The summed E-state index contributed by atoms with van der Waals surface area (Å²) < 4.78 is 4.68. The van der Waals surface area contributed by atoms with Crippen molar-refractivity contribution >= 4 is 23.4 Å². The van der Waals surface area contributed by atoms with E-state index in [1.807, 2.05) is 18.2 Å². The summed E-state index contributed by atoms with van der Waals surface area (Å²) in [4.78, 5) is 24.1. The molecule has 0 radical (unpaired) electrons. The van der Waals surface area contributed by atoms with Crippen LogP contribution in [-0.2, 0) is 4.74 Å². The van der Waals surface area contributed by atoms with Crippen molar-refractivity contribution in [3.63, 3.8) is 0 Å². The van der Waals surface area contributed by atoms with Gasteiger partial charge in [0, 0.05) is 5.56 Å². The molecule has 1 unspecified atom stereocenters. The molecule has 0 spiro atoms. The molecule has 0 bridgehead atoms. The van der Waals surface area contributed by atoms with Crippen LogP contribution in [0.3, 0.4) is 0 Å². The number of ether oxygens (including phenoxy) is 1. The van der Waals surface area contributed by atoms with Gasteiger partial charge in [-0.2, -0.15) is 0 Å². The minimum atomic E-state index is -0.831. The van der Waals surface area contributed by atoms with Crippen LogP contribution in [0, 0.1) is 0 Å². The number of carbonyl (C=O) groups is 2. The summed E-state index contributed by atoms with van der Waals surface area (Å²) in [6.45, 7) is 0. The Bertz CT molecular complexity index is 623. The zero-order valence-corrected chi connectivity index (χ0v) is 11.6. The van der Waals surface area contributed by atoms with E-state index in [1.165, 1.54) is 7.11 Å². The lowest BCUT2D eigenvalue weighted by molar-refractivity contribution is 0.0597. The Morgan fingerprint density at radius 2 is 1.50 bits per heavy atom. The summed E-state index contributed by atoms with van der Waals surface area (Å²) in [5.74, 6) is -0.871. The van der Waals surface area contributed by atoms with Crippen molar-refractivity contribution in [2.75, 3.05) is 7.11 Å². The maximum Gasteiger partial charge on any atom is 0.338 e. The number of hydrogen-bond donors (Lipinski definition) is 0. The predicted octanol–water partition coefficient (Wildman–Crippen LogP) is 3.64. The van der Waals surface area contributed by atoms with Crippen LogP contribution in [-0.4, -0.2) is 18.9 Å². The molecule has 0 aliphatic carbocycles. The predicted molar refractivity (Wildman–Crippen MR) is 77.1 cm³/mol. The number of ketones is 1. The summed E-state index contributed by atoms with van der Waals surface area (Å²) in [5, 5.41) is -0.831. The van der Waals surface area contributed by atoms with E-state index in [-0.39, 0.29) is 16.9 Å². The molecule has 0 aliphatic heterocycles. The molecule has 20 heavy (non-hydrogen) atoms. The first-order valence-corrected chi connectivity index (χ1v) is 6.49. The van der Waals surface area contributed by atoms with E-state index in [4.69, 9.17) is 11.6 Å². The van der Waals surface area contributed by atoms with E-state index in [1.54, 1.807) is 36.4 Å². The fourth-order valence-electron chi connectivity index (χ4n) is 1.90. The average molecular weight is 289 g/mol. The molecule has 3 nitrogen and oxygen atoms in total. The maximum atomic E-state index is 12.4. The summed E-state index contributed by atoms with van der Waals surface area (Å²) in [6, 6.07) is 15.5. The first-order valence-electron chi connectivity index (χ1n) is 6.05. The lowest BCUT2D eigenvalue weighted by Crippen LogP contribution is -2.14. The standard InChI is InChI=1S/C16H13ClO3/c1-20-16(19)13-10-6-5-9-12(13)15(18)14(17)11-7-3-2-4-8-11/h2-10,14H,1H3. The van der Waals surface area contributed by atoms with Crippen LogP contribution < -0.4 is 0 Å². The zero-order valence-electron chi connectivity index (χ0n) is 10.9. The first kappa shape index (κ1) is 14.3. The number of benzene rings is 2. The molecular formula is C16H13ClO3. The Hall–Kier alpha value is -2.13. The van der Waals surface area contributed by atoms with Crippen LogP contribution in [0.4, 0.5) is 0 Å². The van der Waals surface area contributed by atoms with Crippen molar-refractivity contribution in [2.45, 2.75) is 5.38 Å². The molecule has 0 aromatic heterocycles. The molecule has 0 N–H and O–H groups in total. The number of rotatable bonds is 4. The van der Waals surface area contributed by atoms with Gasteiger partial charge < -0.3 is 4.74 Å². The lowest BCUT2D eigenvalue weighted by Gasteiger charge is -2.11. The van der Waals surface area contributed by atoms with Crippen LogP contribution in [0.1, 0.15) is 31.7 Å². The van der Waals surface area contributed by atoms with Crippen molar-refractivity contribution in [3.05, 3.63) is 71.3 Å². The van der Waals surface area contributed by atoms with Gasteiger partial charge in [-0.1, -0.05) is 48.5 Å². The van der Waals surface area contributed by atoms with E-state index in [0.29, 0.717) is 5.56 Å². The minimum absolute atomic E-state index is 0.224. The molecule has 0 saturated heterocycles. The van der Waals surface area contributed by atoms with Gasteiger partial charge in [-0.05, 0) is 11.6 Å². The van der Waals surface area contributed by atoms with Crippen LogP contribution in [0.2, 0.25) is 0 Å². The smallest absolute Gasteiger partial charge is 0.338 e. The van der Waals surface area contributed by atoms with Crippen LogP contribution in [0.5, 0.6) is 0 Å². The highest BCUT2D eigenvalue weighted by Gasteiger charge is 2.24. The fourth-order valence-corrected chi connectivity index (χ4v) is 2.16. The van der Waals surface area contributed by atoms with Crippen molar-refractivity contribution in [1.29, 1.82) is 0 Å². The second-order valence-electron chi connectivity index (χ2n) is 4.17. The molecule has 102 valence electrons. The van der Waals surface area contributed by atoms with E-state index < -0.39 is 11.3 Å². The number of alkyl halides is 1. The summed E-state index contributed by atoms with van der Waals surface area (Å²) in [5.41, 5.74) is 1.18. The SMILES string of the molecule is COC(=O)c1ccccc1C(=O)C(Cl)c1ccccc1. The van der Waals surface area contributed by atoms with Crippen molar-refractivity contribution in [3.8, 4) is 0 Å². The molecule has 2 aromatic rings. The molecule has 1 atom stereocenters. The number of halogens is 1. The van der Waals surface area contributed by atoms with Gasteiger partial charge >= 0.3 is 5.97 Å². The lowest BCUT2D eigenvalue weighted by atomic mass is 9.98. The van der Waals surface area contributed by atoms with Gasteiger partial charge in [-0.25, -0.2) is 4.79 Å². The van der Waals surface area contributed by atoms with Gasteiger partial charge in [0.25, 0.3) is 0 Å². The second-order valence-corrected chi connectivity index (χ2v) is 4.61. The van der Waals surface area contributed by atoms with Crippen molar-refractivity contribution in [2.24, 2.45) is 0 Å². The molecule has 0 amide bonds. The van der Waals surface area contributed by atoms with Crippen molar-refractivity contribution < 1.29 is 14.3 Å². The highest BCUT2D eigenvalue weighted by molar-refractivity contribution is 6.34. The van der Waals surface area contributed by atoms with E-state index >= 15 is 0 Å². The molecule has 2 aromatic carbocycles. The summed E-state index contributed by atoms with van der Waals surface area (Å²) >= 11 is 6.21. The topological polar surface area (TPSA) is 43.4 Å². The summed E-state index contributed by atoms with van der Waals surface area (Å²) in [6.07, 6.45) is 0. The van der Waals surface area contributed by atoms with E-state index in [9.17, 15) is 9.59 Å². The normalized spacial score (nSPS) is 11.7. The largest absolute Gasteiger partial charge is 0.465 e. The Labute approximate surface area is 122 Å². The number of methoxy groups -OCH3 is 1. The van der Waals surface area contributed by atoms with Gasteiger partial charge in [0.15, 0.2) is 5.78 Å². The first-order chi connectivity index (χ1) is 9.65. The molecule has 0 aliphatic rings. The molecule has 0 fully saturated rings. The Morgan fingerprint density at radius 1 is 0.950 bits per heavy atom. The Kier molecular flexibility index (Phi) is 4.53. The van der Waals surface area contributed by atoms with E-state index in [2.05, 4.69) is 4.74 Å².